The van der Waals surface area contributed by atoms with Crippen molar-refractivity contribution >= 4 is 16.9 Å². The molecule has 2 aromatic carbocycles. The van der Waals surface area contributed by atoms with Crippen LogP contribution in [0.15, 0.2) is 48.5 Å². The molecule has 0 unspecified atom stereocenters. The molecule has 1 aliphatic heterocycles. The first kappa shape index (κ1) is 18.6. The number of aromatic nitrogens is 2. The lowest BCUT2D eigenvalue weighted by molar-refractivity contribution is -0.130. The summed E-state index contributed by atoms with van der Waals surface area (Å²) in [5.41, 5.74) is 1.90. The van der Waals surface area contributed by atoms with E-state index in [0.29, 0.717) is 38.2 Å². The molecule has 1 aliphatic rings. The van der Waals surface area contributed by atoms with Crippen molar-refractivity contribution in [3.63, 3.8) is 0 Å². The number of hydrogen-bond donors (Lipinski definition) is 1. The van der Waals surface area contributed by atoms with Gasteiger partial charge in [0.25, 0.3) is 0 Å². The molecule has 4 rings (SSSR count). The lowest BCUT2D eigenvalue weighted by Gasteiger charge is -2.36. The first-order valence-electron chi connectivity index (χ1n) is 9.70. The van der Waals surface area contributed by atoms with Crippen LogP contribution in [-0.4, -0.2) is 28.7 Å². The van der Waals surface area contributed by atoms with Gasteiger partial charge in [0.05, 0.1) is 23.0 Å². The van der Waals surface area contributed by atoms with Gasteiger partial charge in [-0.3, -0.25) is 4.79 Å². The Morgan fingerprint density at radius 3 is 2.75 bits per heavy atom. The van der Waals surface area contributed by atoms with Crippen LogP contribution in [0.1, 0.15) is 31.2 Å². The standard InChI is InChI=1S/C22H24FN3O2/c1-2-26-19-9-4-3-8-18(19)25-20(26)15-24-21(27)22(10-12-28-13-11-22)16-6-5-7-17(23)14-16/h3-9,14H,2,10-13,15H2,1H3,(H,24,27). The Morgan fingerprint density at radius 2 is 2.00 bits per heavy atom. The Balaban J connectivity index is 1.61. The fourth-order valence-electron chi connectivity index (χ4n) is 4.09. The molecule has 1 fully saturated rings. The number of carbonyl (C=O) groups is 1. The first-order valence-corrected chi connectivity index (χ1v) is 9.70. The van der Waals surface area contributed by atoms with Crippen molar-refractivity contribution < 1.29 is 13.9 Å². The number of aryl methyl sites for hydroxylation is 1. The summed E-state index contributed by atoms with van der Waals surface area (Å²) in [6, 6.07) is 14.3. The van der Waals surface area contributed by atoms with Crippen molar-refractivity contribution in [2.24, 2.45) is 0 Å². The van der Waals surface area contributed by atoms with Crippen LogP contribution in [0.3, 0.4) is 0 Å². The molecule has 1 saturated heterocycles. The molecular formula is C22H24FN3O2. The third kappa shape index (κ3) is 3.29. The minimum Gasteiger partial charge on any atom is -0.381 e. The molecule has 0 spiro atoms. The molecule has 0 aliphatic carbocycles. The molecule has 28 heavy (non-hydrogen) atoms. The van der Waals surface area contributed by atoms with Gasteiger partial charge < -0.3 is 14.6 Å². The van der Waals surface area contributed by atoms with Gasteiger partial charge in [-0.25, -0.2) is 9.37 Å². The fourth-order valence-corrected chi connectivity index (χ4v) is 4.09. The summed E-state index contributed by atoms with van der Waals surface area (Å²) in [7, 11) is 0. The number of ether oxygens (including phenoxy) is 1. The average molecular weight is 381 g/mol. The fraction of sp³-hybridized carbons (Fsp3) is 0.364. The first-order chi connectivity index (χ1) is 13.6. The van der Waals surface area contributed by atoms with E-state index in [-0.39, 0.29) is 11.7 Å². The lowest BCUT2D eigenvalue weighted by Crippen LogP contribution is -2.48. The van der Waals surface area contributed by atoms with Crippen LogP contribution in [0.2, 0.25) is 0 Å². The second kappa shape index (κ2) is 7.72. The SMILES string of the molecule is CCn1c(CNC(=O)C2(c3cccc(F)c3)CCOCC2)nc2ccccc21. The maximum absolute atomic E-state index is 13.8. The van der Waals surface area contributed by atoms with Gasteiger partial charge in [-0.15, -0.1) is 0 Å². The van der Waals surface area contributed by atoms with Crippen LogP contribution in [0.4, 0.5) is 4.39 Å². The molecular weight excluding hydrogens is 357 g/mol. The van der Waals surface area contributed by atoms with E-state index >= 15 is 0 Å². The van der Waals surface area contributed by atoms with E-state index in [2.05, 4.69) is 21.8 Å². The van der Waals surface area contributed by atoms with E-state index in [1.807, 2.05) is 30.3 Å². The Hall–Kier alpha value is -2.73. The second-order valence-electron chi connectivity index (χ2n) is 7.15. The van der Waals surface area contributed by atoms with E-state index in [1.165, 1.54) is 12.1 Å². The zero-order valence-corrected chi connectivity index (χ0v) is 16.0. The van der Waals surface area contributed by atoms with Crippen molar-refractivity contribution in [3.8, 4) is 0 Å². The Bertz CT molecular complexity index is 992. The number of benzene rings is 2. The third-order valence-corrected chi connectivity index (χ3v) is 5.62. The van der Waals surface area contributed by atoms with Gasteiger partial charge in [0, 0.05) is 19.8 Å². The van der Waals surface area contributed by atoms with E-state index in [0.717, 1.165) is 23.4 Å². The quantitative estimate of drug-likeness (QED) is 0.735. The number of rotatable bonds is 5. The molecule has 1 N–H and O–H groups in total. The highest BCUT2D eigenvalue weighted by atomic mass is 19.1. The summed E-state index contributed by atoms with van der Waals surface area (Å²) < 4.78 is 21.4. The largest absolute Gasteiger partial charge is 0.381 e. The van der Waals surface area contributed by atoms with Crippen LogP contribution in [0.25, 0.3) is 11.0 Å². The molecule has 1 amide bonds. The van der Waals surface area contributed by atoms with E-state index in [1.54, 1.807) is 6.07 Å². The molecule has 2 heterocycles. The van der Waals surface area contributed by atoms with Crippen LogP contribution < -0.4 is 5.32 Å². The summed E-state index contributed by atoms with van der Waals surface area (Å²) in [5, 5.41) is 3.06. The average Bonchev–Trinajstić information content (AvgIpc) is 3.10. The maximum atomic E-state index is 13.8. The van der Waals surface area contributed by atoms with Gasteiger partial charge >= 0.3 is 0 Å². The zero-order chi connectivity index (χ0) is 19.6. The van der Waals surface area contributed by atoms with Crippen LogP contribution in [0.5, 0.6) is 0 Å². The van der Waals surface area contributed by atoms with Crippen molar-refractivity contribution in [1.29, 1.82) is 0 Å². The predicted molar refractivity (Wildman–Crippen MR) is 105 cm³/mol. The van der Waals surface area contributed by atoms with Gasteiger partial charge in [0.15, 0.2) is 0 Å². The van der Waals surface area contributed by atoms with Gasteiger partial charge in [-0.05, 0) is 49.6 Å². The molecule has 1 aromatic heterocycles. The number of hydrogen-bond acceptors (Lipinski definition) is 3. The minimum absolute atomic E-state index is 0.101. The Kier molecular flexibility index (Phi) is 5.13. The van der Waals surface area contributed by atoms with E-state index in [4.69, 9.17) is 4.74 Å². The number of amides is 1. The maximum Gasteiger partial charge on any atom is 0.231 e. The summed E-state index contributed by atoms with van der Waals surface area (Å²) in [5.74, 6) is 0.388. The summed E-state index contributed by atoms with van der Waals surface area (Å²) in [4.78, 5) is 18.0. The van der Waals surface area contributed by atoms with Crippen LogP contribution in [0, 0.1) is 5.82 Å². The number of imidazole rings is 1. The van der Waals surface area contributed by atoms with Crippen molar-refractivity contribution in [1.82, 2.24) is 14.9 Å². The molecule has 146 valence electrons. The molecule has 0 atom stereocenters. The highest BCUT2D eigenvalue weighted by Crippen LogP contribution is 2.35. The summed E-state index contributed by atoms with van der Waals surface area (Å²) in [6.07, 6.45) is 1.07. The molecule has 0 bridgehead atoms. The zero-order valence-electron chi connectivity index (χ0n) is 16.0. The van der Waals surface area contributed by atoms with Gasteiger partial charge in [-0.2, -0.15) is 0 Å². The minimum atomic E-state index is -0.774. The molecule has 3 aromatic rings. The smallest absolute Gasteiger partial charge is 0.231 e. The van der Waals surface area contributed by atoms with Crippen molar-refractivity contribution in [2.45, 2.75) is 38.3 Å². The highest BCUT2D eigenvalue weighted by molar-refractivity contribution is 5.88. The number of nitrogens with zero attached hydrogens (tertiary/aromatic N) is 2. The van der Waals surface area contributed by atoms with Crippen LogP contribution >= 0.6 is 0 Å². The van der Waals surface area contributed by atoms with Crippen LogP contribution in [-0.2, 0) is 28.0 Å². The number of halogens is 1. The third-order valence-electron chi connectivity index (χ3n) is 5.62. The molecule has 0 radical (unpaired) electrons. The van der Waals surface area contributed by atoms with Crippen molar-refractivity contribution in [2.75, 3.05) is 13.2 Å². The van der Waals surface area contributed by atoms with Gasteiger partial charge in [0.2, 0.25) is 5.91 Å². The topological polar surface area (TPSA) is 56.2 Å². The summed E-state index contributed by atoms with van der Waals surface area (Å²) >= 11 is 0. The predicted octanol–water partition coefficient (Wildman–Crippen LogP) is 3.56. The number of nitrogens with one attached hydrogen (secondary N) is 1. The van der Waals surface area contributed by atoms with Gasteiger partial charge in [-0.1, -0.05) is 24.3 Å². The molecule has 0 saturated carbocycles. The normalized spacial score (nSPS) is 16.2. The molecule has 5 nitrogen and oxygen atoms in total. The summed E-state index contributed by atoms with van der Waals surface area (Å²) in [6.45, 7) is 4.13. The van der Waals surface area contributed by atoms with E-state index in [9.17, 15) is 9.18 Å². The Morgan fingerprint density at radius 1 is 1.21 bits per heavy atom. The number of fused-ring (bicyclic) bond motifs is 1. The second-order valence-corrected chi connectivity index (χ2v) is 7.15. The van der Waals surface area contributed by atoms with E-state index < -0.39 is 5.41 Å². The Labute approximate surface area is 163 Å². The number of carbonyl (C=O) groups excluding carboxylic acids is 1. The highest BCUT2D eigenvalue weighted by Gasteiger charge is 2.41. The monoisotopic (exact) mass is 381 g/mol. The molecule has 6 heteroatoms. The number of para-hydroxylation sites is 2. The lowest BCUT2D eigenvalue weighted by atomic mass is 9.73. The van der Waals surface area contributed by atoms with Gasteiger partial charge in [0.1, 0.15) is 11.6 Å². The van der Waals surface area contributed by atoms with Crippen molar-refractivity contribution in [3.05, 3.63) is 65.7 Å².